The second-order valence-corrected chi connectivity index (χ2v) is 4.51. The minimum Gasteiger partial charge on any atom is -0.435 e. The zero-order valence-electron chi connectivity index (χ0n) is 12.4. The maximum atomic E-state index is 12.0. The molecule has 1 unspecified atom stereocenters. The Bertz CT molecular complexity index is 495. The van der Waals surface area contributed by atoms with Crippen LogP contribution < -0.4 is 20.7 Å². The number of benzene rings is 1. The summed E-state index contributed by atoms with van der Waals surface area (Å²) in [6.07, 6.45) is 0.803. The fraction of sp³-hybridized carbons (Fsp3) is 0.429. The third-order valence-corrected chi connectivity index (χ3v) is 2.63. The summed E-state index contributed by atoms with van der Waals surface area (Å²) in [5.41, 5.74) is 0.389. The summed E-state index contributed by atoms with van der Waals surface area (Å²) in [7, 11) is 0. The number of carbonyl (C=O) groups is 2. The topological polar surface area (TPSA) is 79.5 Å². The lowest BCUT2D eigenvalue weighted by atomic mass is 10.3. The molecule has 0 radical (unpaired) electrons. The van der Waals surface area contributed by atoms with Gasteiger partial charge < -0.3 is 20.7 Å². The van der Waals surface area contributed by atoms with Gasteiger partial charge in [0, 0.05) is 12.2 Å². The normalized spacial score (nSPS) is 11.7. The highest BCUT2D eigenvalue weighted by atomic mass is 19.3. The lowest BCUT2D eigenvalue weighted by Crippen LogP contribution is -2.46. The third kappa shape index (κ3) is 6.38. The maximum absolute atomic E-state index is 12.0. The standard InChI is InChI=1S/C14H19F2N3O3/c1-3-8-17-12(20)9(2)18-14(21)19-10-4-6-11(7-5-10)22-13(15)16/h4-7,9,13H,3,8H2,1-2H3,(H,17,20)(H2,18,19,21). The highest BCUT2D eigenvalue weighted by Crippen LogP contribution is 2.17. The first kappa shape index (κ1) is 17.7. The zero-order chi connectivity index (χ0) is 16.5. The van der Waals surface area contributed by atoms with Gasteiger partial charge in [0.25, 0.3) is 0 Å². The van der Waals surface area contributed by atoms with Gasteiger partial charge in [-0.2, -0.15) is 8.78 Å². The summed E-state index contributed by atoms with van der Waals surface area (Å²) in [5.74, 6) is -0.286. The number of hydrogen-bond acceptors (Lipinski definition) is 3. The van der Waals surface area contributed by atoms with Gasteiger partial charge in [-0.3, -0.25) is 4.79 Å². The minimum atomic E-state index is -2.90. The van der Waals surface area contributed by atoms with Gasteiger partial charge in [0.2, 0.25) is 5.91 Å². The molecule has 1 aromatic rings. The molecule has 122 valence electrons. The Balaban J connectivity index is 2.46. The van der Waals surface area contributed by atoms with Gasteiger partial charge in [0.05, 0.1) is 0 Å². The van der Waals surface area contributed by atoms with Crippen molar-refractivity contribution in [3.63, 3.8) is 0 Å². The summed E-state index contributed by atoms with van der Waals surface area (Å²) in [5, 5.41) is 7.62. The molecule has 0 fully saturated rings. The highest BCUT2D eigenvalue weighted by molar-refractivity contribution is 5.93. The molecule has 0 saturated carbocycles. The Morgan fingerprint density at radius 1 is 1.23 bits per heavy atom. The van der Waals surface area contributed by atoms with E-state index < -0.39 is 18.7 Å². The van der Waals surface area contributed by atoms with Crippen LogP contribution in [0.3, 0.4) is 0 Å². The molecular formula is C14H19F2N3O3. The number of halogens is 2. The van der Waals surface area contributed by atoms with Crippen molar-refractivity contribution in [2.75, 3.05) is 11.9 Å². The second kappa shape index (κ2) is 8.81. The average molecular weight is 315 g/mol. The molecule has 0 aliphatic heterocycles. The SMILES string of the molecule is CCCNC(=O)C(C)NC(=O)Nc1ccc(OC(F)F)cc1. The van der Waals surface area contributed by atoms with Crippen LogP contribution >= 0.6 is 0 Å². The van der Waals surface area contributed by atoms with Gasteiger partial charge in [-0.15, -0.1) is 0 Å². The molecule has 0 aromatic heterocycles. The Labute approximate surface area is 127 Å². The second-order valence-electron chi connectivity index (χ2n) is 4.51. The Kier molecular flexibility index (Phi) is 7.07. The van der Waals surface area contributed by atoms with E-state index >= 15 is 0 Å². The first-order valence-corrected chi connectivity index (χ1v) is 6.82. The molecule has 6 nitrogen and oxygen atoms in total. The van der Waals surface area contributed by atoms with E-state index in [9.17, 15) is 18.4 Å². The largest absolute Gasteiger partial charge is 0.435 e. The molecule has 3 amide bonds. The van der Waals surface area contributed by atoms with Crippen LogP contribution in [0.2, 0.25) is 0 Å². The summed E-state index contributed by atoms with van der Waals surface area (Å²) in [6.45, 7) is 1.12. The van der Waals surface area contributed by atoms with E-state index in [4.69, 9.17) is 0 Å². The number of ether oxygens (including phenoxy) is 1. The van der Waals surface area contributed by atoms with Crippen LogP contribution in [0.4, 0.5) is 19.3 Å². The smallest absolute Gasteiger partial charge is 0.387 e. The molecule has 3 N–H and O–H groups in total. The molecule has 0 aliphatic rings. The number of alkyl halides is 2. The van der Waals surface area contributed by atoms with Crippen molar-refractivity contribution >= 4 is 17.6 Å². The molecule has 1 rings (SSSR count). The third-order valence-electron chi connectivity index (χ3n) is 2.63. The number of anilines is 1. The highest BCUT2D eigenvalue weighted by Gasteiger charge is 2.14. The average Bonchev–Trinajstić information content (AvgIpc) is 2.46. The predicted molar refractivity (Wildman–Crippen MR) is 78.0 cm³/mol. The molecular weight excluding hydrogens is 296 g/mol. The van der Waals surface area contributed by atoms with E-state index in [2.05, 4.69) is 20.7 Å². The van der Waals surface area contributed by atoms with Crippen molar-refractivity contribution < 1.29 is 23.1 Å². The lowest BCUT2D eigenvalue weighted by molar-refractivity contribution is -0.122. The van der Waals surface area contributed by atoms with E-state index in [0.717, 1.165) is 6.42 Å². The van der Waals surface area contributed by atoms with Gasteiger partial charge in [-0.25, -0.2) is 4.79 Å². The van der Waals surface area contributed by atoms with Crippen LogP contribution in [-0.4, -0.2) is 31.1 Å². The van der Waals surface area contributed by atoms with Crippen molar-refractivity contribution in [1.82, 2.24) is 10.6 Å². The molecule has 22 heavy (non-hydrogen) atoms. The van der Waals surface area contributed by atoms with Crippen molar-refractivity contribution in [3.8, 4) is 5.75 Å². The van der Waals surface area contributed by atoms with Gasteiger partial charge >= 0.3 is 12.6 Å². The van der Waals surface area contributed by atoms with E-state index in [1.807, 2.05) is 6.92 Å². The van der Waals surface area contributed by atoms with Crippen molar-refractivity contribution in [2.45, 2.75) is 32.9 Å². The van der Waals surface area contributed by atoms with Crippen LogP contribution in [0.5, 0.6) is 5.75 Å². The van der Waals surface area contributed by atoms with Crippen LogP contribution in [0.1, 0.15) is 20.3 Å². The van der Waals surface area contributed by atoms with E-state index in [1.54, 1.807) is 6.92 Å². The fourth-order valence-corrected chi connectivity index (χ4v) is 1.55. The number of carbonyl (C=O) groups excluding carboxylic acids is 2. The number of nitrogens with one attached hydrogen (secondary N) is 3. The molecule has 1 atom stereocenters. The lowest BCUT2D eigenvalue weighted by Gasteiger charge is -2.14. The zero-order valence-corrected chi connectivity index (χ0v) is 12.4. The molecule has 0 saturated heterocycles. The predicted octanol–water partition coefficient (Wildman–Crippen LogP) is 2.32. The van der Waals surface area contributed by atoms with Gasteiger partial charge in [0.15, 0.2) is 0 Å². The van der Waals surface area contributed by atoms with Crippen molar-refractivity contribution in [2.24, 2.45) is 0 Å². The van der Waals surface area contributed by atoms with Gasteiger partial charge in [0.1, 0.15) is 11.8 Å². The Morgan fingerprint density at radius 2 is 1.86 bits per heavy atom. The Hall–Kier alpha value is -2.38. The van der Waals surface area contributed by atoms with Crippen LogP contribution in [0.25, 0.3) is 0 Å². The number of rotatable bonds is 7. The molecule has 1 aromatic carbocycles. The quantitative estimate of drug-likeness (QED) is 0.722. The molecule has 0 bridgehead atoms. The molecule has 0 spiro atoms. The number of amides is 3. The monoisotopic (exact) mass is 315 g/mol. The van der Waals surface area contributed by atoms with Crippen molar-refractivity contribution in [1.29, 1.82) is 0 Å². The van der Waals surface area contributed by atoms with Crippen LogP contribution in [0.15, 0.2) is 24.3 Å². The fourth-order valence-electron chi connectivity index (χ4n) is 1.55. The first-order chi connectivity index (χ1) is 10.4. The van der Waals surface area contributed by atoms with E-state index in [0.29, 0.717) is 12.2 Å². The first-order valence-electron chi connectivity index (χ1n) is 6.82. The van der Waals surface area contributed by atoms with Crippen LogP contribution in [-0.2, 0) is 4.79 Å². The summed E-state index contributed by atoms with van der Waals surface area (Å²) >= 11 is 0. The van der Waals surface area contributed by atoms with Gasteiger partial charge in [-0.1, -0.05) is 6.92 Å². The number of urea groups is 1. The summed E-state index contributed by atoms with van der Waals surface area (Å²) in [6, 6.07) is 4.19. The van der Waals surface area contributed by atoms with E-state index in [-0.39, 0.29) is 11.7 Å². The van der Waals surface area contributed by atoms with Gasteiger partial charge in [-0.05, 0) is 37.6 Å². The Morgan fingerprint density at radius 3 is 2.41 bits per heavy atom. The summed E-state index contributed by atoms with van der Waals surface area (Å²) in [4.78, 5) is 23.3. The molecule has 0 aliphatic carbocycles. The van der Waals surface area contributed by atoms with Crippen LogP contribution in [0, 0.1) is 0 Å². The molecule has 0 heterocycles. The number of hydrogen-bond donors (Lipinski definition) is 3. The van der Waals surface area contributed by atoms with Crippen molar-refractivity contribution in [3.05, 3.63) is 24.3 Å². The maximum Gasteiger partial charge on any atom is 0.387 e. The summed E-state index contributed by atoms with van der Waals surface area (Å²) < 4.78 is 28.2. The minimum absolute atomic E-state index is 0.00623. The molecule has 8 heteroatoms. The van der Waals surface area contributed by atoms with E-state index in [1.165, 1.54) is 24.3 Å².